The largest absolute Gasteiger partial charge is 0.379 e. The molecule has 3 rings (SSSR count). The second kappa shape index (κ2) is 3.28. The van der Waals surface area contributed by atoms with Crippen LogP contribution >= 0.6 is 0 Å². The van der Waals surface area contributed by atoms with E-state index in [0.29, 0.717) is 18.9 Å². The summed E-state index contributed by atoms with van der Waals surface area (Å²) in [5.41, 5.74) is -0.866. The molecule has 1 aliphatic heterocycles. The van der Waals surface area contributed by atoms with Crippen molar-refractivity contribution in [2.24, 2.45) is 0 Å². The van der Waals surface area contributed by atoms with E-state index in [1.54, 1.807) is 0 Å². The first-order valence-electron chi connectivity index (χ1n) is 5.90. The Kier molecular flexibility index (Phi) is 2.09. The van der Waals surface area contributed by atoms with Crippen LogP contribution in [0.5, 0.6) is 0 Å². The lowest BCUT2D eigenvalue weighted by Crippen LogP contribution is -2.43. The molecule has 88 valence electrons. The maximum atomic E-state index is 10.4. The zero-order valence-corrected chi connectivity index (χ0v) is 9.49. The Hall–Kier alpha value is -0.940. The fourth-order valence-electron chi connectivity index (χ4n) is 2.14. The molecular formula is C11H17N3O2. The molecule has 2 heterocycles. The van der Waals surface area contributed by atoms with Crippen LogP contribution in [0.15, 0.2) is 4.52 Å². The fraction of sp³-hybridized carbons (Fsp3) is 0.818. The molecule has 5 heteroatoms. The van der Waals surface area contributed by atoms with Gasteiger partial charge in [0.1, 0.15) is 0 Å². The van der Waals surface area contributed by atoms with E-state index in [-0.39, 0.29) is 5.41 Å². The molecule has 0 bridgehead atoms. The number of β-amino-alcohol motifs (C(OH)–C–C–N with tert-alkyl or cyclic N) is 1. The molecule has 0 amide bonds. The minimum atomic E-state index is -0.964. The van der Waals surface area contributed by atoms with Gasteiger partial charge in [-0.25, -0.2) is 0 Å². The number of piperidine rings is 1. The van der Waals surface area contributed by atoms with Crippen molar-refractivity contribution in [1.29, 1.82) is 0 Å². The first kappa shape index (κ1) is 10.2. The summed E-state index contributed by atoms with van der Waals surface area (Å²) in [6.45, 7) is 3.58. The Balaban J connectivity index is 1.85. The van der Waals surface area contributed by atoms with Gasteiger partial charge in [0.25, 0.3) is 5.89 Å². The minimum Gasteiger partial charge on any atom is -0.379 e. The van der Waals surface area contributed by atoms with Gasteiger partial charge in [0, 0.05) is 12.0 Å². The lowest BCUT2D eigenvalue weighted by molar-refractivity contribution is -0.0167. The molecule has 1 saturated carbocycles. The standard InChI is InChI=1S/C11H17N3O2/c1-10(4-5-10)8-13-9(16-14-8)11(15)3-2-6-12-7-11/h12,15H,2-7H2,1H3. The van der Waals surface area contributed by atoms with Crippen LogP contribution in [0.3, 0.4) is 0 Å². The van der Waals surface area contributed by atoms with Crippen LogP contribution in [0.2, 0.25) is 0 Å². The monoisotopic (exact) mass is 223 g/mol. The molecule has 1 saturated heterocycles. The fourth-order valence-corrected chi connectivity index (χ4v) is 2.14. The predicted molar refractivity (Wildman–Crippen MR) is 56.9 cm³/mol. The average molecular weight is 223 g/mol. The molecular weight excluding hydrogens is 206 g/mol. The molecule has 1 aliphatic carbocycles. The summed E-state index contributed by atoms with van der Waals surface area (Å²) >= 11 is 0. The van der Waals surface area contributed by atoms with E-state index in [1.807, 2.05) is 0 Å². The third-order valence-corrected chi connectivity index (χ3v) is 3.73. The highest BCUT2D eigenvalue weighted by Gasteiger charge is 2.45. The molecule has 1 atom stereocenters. The normalized spacial score (nSPS) is 32.6. The molecule has 0 radical (unpaired) electrons. The number of hydrogen-bond acceptors (Lipinski definition) is 5. The number of aromatic nitrogens is 2. The zero-order valence-electron chi connectivity index (χ0n) is 9.49. The number of aliphatic hydroxyl groups is 1. The molecule has 5 nitrogen and oxygen atoms in total. The summed E-state index contributed by atoms with van der Waals surface area (Å²) in [6, 6.07) is 0. The average Bonchev–Trinajstić information content (AvgIpc) is 2.84. The molecule has 16 heavy (non-hydrogen) atoms. The molecule has 2 aliphatic rings. The Morgan fingerprint density at radius 3 is 2.81 bits per heavy atom. The smallest absolute Gasteiger partial charge is 0.259 e. The lowest BCUT2D eigenvalue weighted by Gasteiger charge is -2.28. The van der Waals surface area contributed by atoms with Crippen molar-refractivity contribution >= 4 is 0 Å². The SMILES string of the molecule is CC1(c2noc(C3(O)CCCNC3)n2)CC1. The van der Waals surface area contributed by atoms with Crippen molar-refractivity contribution in [3.8, 4) is 0 Å². The van der Waals surface area contributed by atoms with Gasteiger partial charge in [-0.05, 0) is 32.2 Å². The minimum absolute atomic E-state index is 0.0974. The molecule has 1 aromatic rings. The van der Waals surface area contributed by atoms with E-state index in [9.17, 15) is 5.11 Å². The number of nitrogens with one attached hydrogen (secondary N) is 1. The van der Waals surface area contributed by atoms with Gasteiger partial charge in [0.05, 0.1) is 0 Å². The number of hydrogen-bond donors (Lipinski definition) is 2. The summed E-state index contributed by atoms with van der Waals surface area (Å²) in [7, 11) is 0. The van der Waals surface area contributed by atoms with Gasteiger partial charge in [-0.3, -0.25) is 0 Å². The highest BCUT2D eigenvalue weighted by atomic mass is 16.5. The van der Waals surface area contributed by atoms with Gasteiger partial charge >= 0.3 is 0 Å². The maximum Gasteiger partial charge on any atom is 0.259 e. The van der Waals surface area contributed by atoms with Gasteiger partial charge in [0.15, 0.2) is 11.4 Å². The van der Waals surface area contributed by atoms with E-state index < -0.39 is 5.60 Å². The Labute approximate surface area is 94.2 Å². The van der Waals surface area contributed by atoms with Crippen LogP contribution in [0, 0.1) is 0 Å². The van der Waals surface area contributed by atoms with Gasteiger partial charge in [-0.1, -0.05) is 12.1 Å². The van der Waals surface area contributed by atoms with Gasteiger partial charge in [-0.15, -0.1) is 0 Å². The lowest BCUT2D eigenvalue weighted by atomic mass is 9.94. The highest BCUT2D eigenvalue weighted by Crippen LogP contribution is 2.46. The summed E-state index contributed by atoms with van der Waals surface area (Å²) in [5, 5.41) is 17.5. The second-order valence-electron chi connectivity index (χ2n) is 5.30. The van der Waals surface area contributed by atoms with E-state index >= 15 is 0 Å². The highest BCUT2D eigenvalue weighted by molar-refractivity contribution is 5.16. The van der Waals surface area contributed by atoms with Crippen molar-refractivity contribution in [1.82, 2.24) is 15.5 Å². The summed E-state index contributed by atoms with van der Waals surface area (Å²) in [6.07, 6.45) is 3.86. The van der Waals surface area contributed by atoms with Crippen LogP contribution in [-0.4, -0.2) is 28.3 Å². The van der Waals surface area contributed by atoms with Crippen molar-refractivity contribution in [2.75, 3.05) is 13.1 Å². The van der Waals surface area contributed by atoms with Crippen molar-refractivity contribution < 1.29 is 9.63 Å². The van der Waals surface area contributed by atoms with Gasteiger partial charge in [0.2, 0.25) is 0 Å². The van der Waals surface area contributed by atoms with E-state index in [2.05, 4.69) is 22.4 Å². The van der Waals surface area contributed by atoms with E-state index in [0.717, 1.165) is 31.6 Å². The van der Waals surface area contributed by atoms with Gasteiger partial charge < -0.3 is 14.9 Å². The molecule has 2 fully saturated rings. The van der Waals surface area contributed by atoms with Crippen LogP contribution in [0.25, 0.3) is 0 Å². The van der Waals surface area contributed by atoms with Crippen molar-refractivity contribution in [2.45, 2.75) is 43.6 Å². The quantitative estimate of drug-likeness (QED) is 0.772. The third kappa shape index (κ3) is 1.55. The van der Waals surface area contributed by atoms with Gasteiger partial charge in [-0.2, -0.15) is 4.98 Å². The molecule has 2 N–H and O–H groups in total. The third-order valence-electron chi connectivity index (χ3n) is 3.73. The first-order chi connectivity index (χ1) is 7.62. The van der Waals surface area contributed by atoms with E-state index in [4.69, 9.17) is 4.52 Å². The maximum absolute atomic E-state index is 10.4. The van der Waals surface area contributed by atoms with Crippen LogP contribution in [-0.2, 0) is 11.0 Å². The van der Waals surface area contributed by atoms with Crippen LogP contribution in [0.4, 0.5) is 0 Å². The topological polar surface area (TPSA) is 71.2 Å². The second-order valence-corrected chi connectivity index (χ2v) is 5.30. The Morgan fingerprint density at radius 2 is 2.19 bits per heavy atom. The zero-order chi connectivity index (χ0) is 11.2. The predicted octanol–water partition coefficient (Wildman–Crippen LogP) is 0.692. The molecule has 0 spiro atoms. The summed E-state index contributed by atoms with van der Waals surface area (Å²) in [5.74, 6) is 1.13. The van der Waals surface area contributed by atoms with Crippen LogP contribution in [0.1, 0.15) is 44.3 Å². The Morgan fingerprint density at radius 1 is 1.38 bits per heavy atom. The number of nitrogens with zero attached hydrogens (tertiary/aromatic N) is 2. The summed E-state index contributed by atoms with van der Waals surface area (Å²) in [4.78, 5) is 4.37. The van der Waals surface area contributed by atoms with Crippen molar-refractivity contribution in [3.63, 3.8) is 0 Å². The molecule has 0 aromatic carbocycles. The van der Waals surface area contributed by atoms with E-state index in [1.165, 1.54) is 0 Å². The van der Waals surface area contributed by atoms with Crippen LogP contribution < -0.4 is 5.32 Å². The number of rotatable bonds is 2. The Bertz CT molecular complexity index is 392. The first-order valence-corrected chi connectivity index (χ1v) is 5.90. The molecule has 1 unspecified atom stereocenters. The summed E-state index contributed by atoms with van der Waals surface area (Å²) < 4.78 is 5.22. The van der Waals surface area contributed by atoms with Crippen molar-refractivity contribution in [3.05, 3.63) is 11.7 Å². The molecule has 1 aromatic heterocycles.